The number of hydrogen-bond acceptors (Lipinski definition) is 1. The van der Waals surface area contributed by atoms with Crippen LogP contribution in [0.25, 0.3) is 0 Å². The highest BCUT2D eigenvalue weighted by atomic mass is 79.9. The molecule has 1 aliphatic heterocycles. The normalized spacial score (nSPS) is 33.7. The maximum atomic E-state index is 5.62. The fourth-order valence-electron chi connectivity index (χ4n) is 1.22. The Kier molecular flexibility index (Phi) is 3.43. The topological polar surface area (TPSA) is 9.23 Å². The zero-order chi connectivity index (χ0) is 7.40. The Morgan fingerprint density at radius 3 is 3.00 bits per heavy atom. The third-order valence-corrected chi connectivity index (χ3v) is 2.54. The Bertz CT molecular complexity index is 114. The van der Waals surface area contributed by atoms with E-state index in [-0.39, 0.29) is 0 Å². The van der Waals surface area contributed by atoms with Crippen LogP contribution in [0.15, 0.2) is 12.7 Å². The highest BCUT2D eigenvalue weighted by molar-refractivity contribution is 9.09. The van der Waals surface area contributed by atoms with Crippen molar-refractivity contribution < 1.29 is 4.74 Å². The van der Waals surface area contributed by atoms with Gasteiger partial charge >= 0.3 is 0 Å². The van der Waals surface area contributed by atoms with E-state index < -0.39 is 0 Å². The van der Waals surface area contributed by atoms with Gasteiger partial charge in [0, 0.05) is 5.33 Å². The molecule has 0 radical (unpaired) electrons. The highest BCUT2D eigenvalue weighted by Gasteiger charge is 2.18. The van der Waals surface area contributed by atoms with Gasteiger partial charge in [-0.1, -0.05) is 22.0 Å². The van der Waals surface area contributed by atoms with E-state index in [2.05, 4.69) is 22.5 Å². The second-order valence-corrected chi connectivity index (χ2v) is 3.26. The van der Waals surface area contributed by atoms with Crippen LogP contribution in [0.3, 0.4) is 0 Å². The molecule has 0 saturated carbocycles. The van der Waals surface area contributed by atoms with Crippen LogP contribution in [-0.2, 0) is 4.74 Å². The molecule has 1 heterocycles. The van der Waals surface area contributed by atoms with Gasteiger partial charge < -0.3 is 4.74 Å². The van der Waals surface area contributed by atoms with Gasteiger partial charge in [-0.3, -0.25) is 0 Å². The van der Waals surface area contributed by atoms with Crippen LogP contribution in [-0.4, -0.2) is 17.5 Å². The van der Waals surface area contributed by atoms with Crippen molar-refractivity contribution in [2.45, 2.75) is 31.5 Å². The average Bonchev–Trinajstić information content (AvgIpc) is 2.05. The number of rotatable bonds is 2. The van der Waals surface area contributed by atoms with Gasteiger partial charge in [0.1, 0.15) is 0 Å². The van der Waals surface area contributed by atoms with Crippen molar-refractivity contribution in [3.63, 3.8) is 0 Å². The number of alkyl halides is 1. The summed E-state index contributed by atoms with van der Waals surface area (Å²) in [5.74, 6) is 0. The molecule has 0 amide bonds. The molecule has 1 fully saturated rings. The standard InChI is InChI=1S/C8H13BrO/c1-2-7-4-3-5-8(6-9)10-7/h2,7-8H,1,3-6H2/t7-,8+/m1/s1. The molecule has 0 N–H and O–H groups in total. The van der Waals surface area contributed by atoms with E-state index in [1.807, 2.05) is 6.08 Å². The predicted molar refractivity (Wildman–Crippen MR) is 46.5 cm³/mol. The number of halogens is 1. The van der Waals surface area contributed by atoms with E-state index in [9.17, 15) is 0 Å². The molecule has 2 heteroatoms. The largest absolute Gasteiger partial charge is 0.370 e. The minimum atomic E-state index is 0.302. The van der Waals surface area contributed by atoms with E-state index in [0.717, 1.165) is 11.8 Å². The maximum Gasteiger partial charge on any atom is 0.0757 e. The molecule has 0 aromatic heterocycles. The summed E-state index contributed by atoms with van der Waals surface area (Å²) in [5.41, 5.74) is 0. The van der Waals surface area contributed by atoms with Crippen LogP contribution in [0.2, 0.25) is 0 Å². The van der Waals surface area contributed by atoms with Crippen molar-refractivity contribution >= 4 is 15.9 Å². The zero-order valence-electron chi connectivity index (χ0n) is 6.05. The summed E-state index contributed by atoms with van der Waals surface area (Å²) in [6.45, 7) is 3.71. The van der Waals surface area contributed by atoms with Gasteiger partial charge in [-0.15, -0.1) is 6.58 Å². The van der Waals surface area contributed by atoms with E-state index in [1.165, 1.54) is 12.8 Å². The molecule has 0 aromatic carbocycles. The fraction of sp³-hybridized carbons (Fsp3) is 0.750. The molecular formula is C8H13BrO. The summed E-state index contributed by atoms with van der Waals surface area (Å²) in [4.78, 5) is 0. The Morgan fingerprint density at radius 2 is 2.40 bits per heavy atom. The average molecular weight is 205 g/mol. The molecule has 1 saturated heterocycles. The zero-order valence-corrected chi connectivity index (χ0v) is 7.64. The van der Waals surface area contributed by atoms with Crippen LogP contribution in [0.5, 0.6) is 0 Å². The van der Waals surface area contributed by atoms with Crippen molar-refractivity contribution in [2.75, 3.05) is 5.33 Å². The SMILES string of the molecule is C=C[C@@H]1CCC[C@@H](CBr)O1. The van der Waals surface area contributed by atoms with Gasteiger partial charge in [0.15, 0.2) is 0 Å². The fourth-order valence-corrected chi connectivity index (χ4v) is 1.69. The first-order valence-corrected chi connectivity index (χ1v) is 4.83. The summed E-state index contributed by atoms with van der Waals surface area (Å²) in [6, 6.07) is 0. The number of ether oxygens (including phenoxy) is 1. The summed E-state index contributed by atoms with van der Waals surface area (Å²) in [6.07, 6.45) is 6.22. The molecule has 58 valence electrons. The van der Waals surface area contributed by atoms with Gasteiger partial charge in [0.05, 0.1) is 12.2 Å². The molecule has 2 atom stereocenters. The monoisotopic (exact) mass is 204 g/mol. The van der Waals surface area contributed by atoms with Gasteiger partial charge in [-0.05, 0) is 19.3 Å². The minimum absolute atomic E-state index is 0.302. The third-order valence-electron chi connectivity index (χ3n) is 1.82. The second kappa shape index (κ2) is 4.14. The lowest BCUT2D eigenvalue weighted by Gasteiger charge is -2.26. The van der Waals surface area contributed by atoms with Gasteiger partial charge in [0.25, 0.3) is 0 Å². The minimum Gasteiger partial charge on any atom is -0.370 e. The summed E-state index contributed by atoms with van der Waals surface area (Å²) in [7, 11) is 0. The summed E-state index contributed by atoms with van der Waals surface area (Å²) < 4.78 is 5.62. The molecule has 0 aliphatic carbocycles. The van der Waals surface area contributed by atoms with E-state index in [0.29, 0.717) is 12.2 Å². The lowest BCUT2D eigenvalue weighted by Crippen LogP contribution is -2.26. The first kappa shape index (κ1) is 8.28. The smallest absolute Gasteiger partial charge is 0.0757 e. The molecule has 1 nitrogen and oxygen atoms in total. The van der Waals surface area contributed by atoms with Crippen molar-refractivity contribution in [3.05, 3.63) is 12.7 Å². The third kappa shape index (κ3) is 2.10. The van der Waals surface area contributed by atoms with Gasteiger partial charge in [0.2, 0.25) is 0 Å². The molecule has 0 spiro atoms. The quantitative estimate of drug-likeness (QED) is 0.497. The van der Waals surface area contributed by atoms with Crippen molar-refractivity contribution in [2.24, 2.45) is 0 Å². The van der Waals surface area contributed by atoms with Crippen LogP contribution in [0, 0.1) is 0 Å². The molecule has 1 aliphatic rings. The Morgan fingerprint density at radius 1 is 1.60 bits per heavy atom. The first-order valence-electron chi connectivity index (χ1n) is 3.70. The van der Waals surface area contributed by atoms with Crippen LogP contribution in [0.1, 0.15) is 19.3 Å². The lowest BCUT2D eigenvalue weighted by atomic mass is 10.1. The molecule has 0 unspecified atom stereocenters. The van der Waals surface area contributed by atoms with E-state index >= 15 is 0 Å². The molecular weight excluding hydrogens is 192 g/mol. The lowest BCUT2D eigenvalue weighted by molar-refractivity contribution is -0.0105. The van der Waals surface area contributed by atoms with Crippen molar-refractivity contribution in [1.82, 2.24) is 0 Å². The Hall–Kier alpha value is 0.180. The summed E-state index contributed by atoms with van der Waals surface area (Å²) in [5, 5.41) is 0.956. The second-order valence-electron chi connectivity index (χ2n) is 2.62. The van der Waals surface area contributed by atoms with Gasteiger partial charge in [-0.25, -0.2) is 0 Å². The molecule has 1 rings (SSSR count). The molecule has 0 bridgehead atoms. The highest BCUT2D eigenvalue weighted by Crippen LogP contribution is 2.20. The Balaban J connectivity index is 2.31. The Labute approximate surface area is 70.6 Å². The molecule has 10 heavy (non-hydrogen) atoms. The van der Waals surface area contributed by atoms with Crippen molar-refractivity contribution in [3.8, 4) is 0 Å². The van der Waals surface area contributed by atoms with E-state index in [4.69, 9.17) is 4.74 Å². The summed E-state index contributed by atoms with van der Waals surface area (Å²) >= 11 is 3.41. The van der Waals surface area contributed by atoms with Crippen LogP contribution >= 0.6 is 15.9 Å². The van der Waals surface area contributed by atoms with Crippen molar-refractivity contribution in [1.29, 1.82) is 0 Å². The van der Waals surface area contributed by atoms with Crippen LogP contribution < -0.4 is 0 Å². The maximum absolute atomic E-state index is 5.62. The predicted octanol–water partition coefficient (Wildman–Crippen LogP) is 2.51. The van der Waals surface area contributed by atoms with E-state index in [1.54, 1.807) is 0 Å². The van der Waals surface area contributed by atoms with Gasteiger partial charge in [-0.2, -0.15) is 0 Å². The molecule has 0 aromatic rings. The number of hydrogen-bond donors (Lipinski definition) is 0. The van der Waals surface area contributed by atoms with Crippen LogP contribution in [0.4, 0.5) is 0 Å². The first-order chi connectivity index (χ1) is 4.86.